The number of aromatic nitrogens is 2. The van der Waals surface area contributed by atoms with Gasteiger partial charge >= 0.3 is 0 Å². The van der Waals surface area contributed by atoms with Crippen LogP contribution in [0.4, 0.5) is 17.2 Å². The Morgan fingerprint density at radius 3 is 2.59 bits per heavy atom. The molecule has 0 radical (unpaired) electrons. The van der Waals surface area contributed by atoms with Crippen LogP contribution in [0.3, 0.4) is 0 Å². The number of hydrogen-bond acceptors (Lipinski definition) is 8. The van der Waals surface area contributed by atoms with Crippen molar-refractivity contribution in [2.75, 3.05) is 43.4 Å². The minimum Gasteiger partial charge on any atom is -0.492 e. The summed E-state index contributed by atoms with van der Waals surface area (Å²) in [5.74, 6) is 1.35. The minimum absolute atomic E-state index is 0.00247. The summed E-state index contributed by atoms with van der Waals surface area (Å²) in [4.78, 5) is 22.1. The molecule has 0 bridgehead atoms. The molecule has 0 fully saturated rings. The Bertz CT molecular complexity index is 1060. The molecule has 0 atom stereocenters. The molecular weight excluding hydrogens is 408 g/mol. The molecule has 0 saturated carbocycles. The van der Waals surface area contributed by atoms with E-state index < -0.39 is 4.92 Å². The van der Waals surface area contributed by atoms with Gasteiger partial charge in [0.1, 0.15) is 30.2 Å². The van der Waals surface area contributed by atoms with Crippen LogP contribution in [0.2, 0.25) is 0 Å². The van der Waals surface area contributed by atoms with Crippen molar-refractivity contribution in [2.24, 2.45) is 0 Å². The van der Waals surface area contributed by atoms with Crippen molar-refractivity contribution in [1.82, 2.24) is 14.9 Å². The molecule has 3 aromatic rings. The highest BCUT2D eigenvalue weighted by Gasteiger charge is 2.17. The summed E-state index contributed by atoms with van der Waals surface area (Å²) in [6.07, 6.45) is 1.46. The maximum Gasteiger partial charge on any atom is 0.293 e. The van der Waals surface area contributed by atoms with Gasteiger partial charge in [-0.25, -0.2) is 9.97 Å². The van der Waals surface area contributed by atoms with E-state index in [9.17, 15) is 10.1 Å². The number of nitro groups is 1. The molecule has 0 aliphatic heterocycles. The van der Waals surface area contributed by atoms with Crippen molar-refractivity contribution in [2.45, 2.75) is 27.3 Å². The molecule has 170 valence electrons. The highest BCUT2D eigenvalue weighted by molar-refractivity contribution is 5.94. The molecule has 0 amide bonds. The number of likely N-dealkylation sites (N-methyl/N-ethyl adjacent to an activating group) is 1. The largest absolute Gasteiger partial charge is 0.492 e. The van der Waals surface area contributed by atoms with Crippen LogP contribution < -0.4 is 15.4 Å². The Labute approximate surface area is 188 Å². The molecule has 2 N–H and O–H groups in total. The maximum atomic E-state index is 11.6. The third-order valence-electron chi connectivity index (χ3n) is 5.30. The lowest BCUT2D eigenvalue weighted by Crippen LogP contribution is -2.28. The van der Waals surface area contributed by atoms with Gasteiger partial charge in [0, 0.05) is 36.7 Å². The van der Waals surface area contributed by atoms with E-state index in [1.165, 1.54) is 12.4 Å². The number of hydrogen-bond donors (Lipinski definition) is 2. The Morgan fingerprint density at radius 2 is 1.88 bits per heavy atom. The summed E-state index contributed by atoms with van der Waals surface area (Å²) >= 11 is 0. The number of rotatable bonds is 12. The number of nitrogens with zero attached hydrogens (tertiary/aromatic N) is 4. The summed E-state index contributed by atoms with van der Waals surface area (Å²) in [6, 6.07) is 11.1. The number of nitrogens with one attached hydrogen (secondary N) is 2. The molecule has 9 heteroatoms. The number of ether oxygens (including phenoxy) is 1. The molecule has 2 aromatic carbocycles. The van der Waals surface area contributed by atoms with Gasteiger partial charge in [-0.1, -0.05) is 32.0 Å². The molecule has 9 nitrogen and oxygen atoms in total. The van der Waals surface area contributed by atoms with Crippen molar-refractivity contribution in [3.63, 3.8) is 0 Å². The summed E-state index contributed by atoms with van der Waals surface area (Å²) in [7, 11) is 0. The summed E-state index contributed by atoms with van der Waals surface area (Å²) in [6.45, 7) is 10.7. The fourth-order valence-corrected chi connectivity index (χ4v) is 3.51. The van der Waals surface area contributed by atoms with Gasteiger partial charge in [0.15, 0.2) is 0 Å². The van der Waals surface area contributed by atoms with Gasteiger partial charge < -0.3 is 20.3 Å². The van der Waals surface area contributed by atoms with Crippen LogP contribution in [0, 0.1) is 10.1 Å². The van der Waals surface area contributed by atoms with Gasteiger partial charge in [-0.15, -0.1) is 0 Å². The molecule has 0 aliphatic carbocycles. The smallest absolute Gasteiger partial charge is 0.293 e. The highest BCUT2D eigenvalue weighted by atomic mass is 16.6. The lowest BCUT2D eigenvalue weighted by Gasteiger charge is -2.19. The van der Waals surface area contributed by atoms with Crippen LogP contribution in [0.15, 0.2) is 42.7 Å². The van der Waals surface area contributed by atoms with Gasteiger partial charge in [0.25, 0.3) is 5.69 Å². The first kappa shape index (κ1) is 23.2. The van der Waals surface area contributed by atoms with Crippen LogP contribution in [0.5, 0.6) is 5.75 Å². The number of para-hydroxylation sites is 1. The van der Waals surface area contributed by atoms with E-state index in [0.29, 0.717) is 42.1 Å². The standard InChI is InChI=1S/C23H30N6O3/c1-4-24-20-14-19-18(13-21(20)29(30)31)23(27-16-26-19)25-15-17-9-7-8-10-22(17)32-12-11-28(5-2)6-3/h7-10,13-14,16,24H,4-6,11-12,15H2,1-3H3,(H,25,26,27). The Balaban J connectivity index is 1.79. The SMILES string of the molecule is CCNc1cc2ncnc(NCc3ccccc3OCCN(CC)CC)c2cc1[N+](=O)[O-]. The quantitative estimate of drug-likeness (QED) is 0.318. The lowest BCUT2D eigenvalue weighted by atomic mass is 10.1. The molecular formula is C23H30N6O3. The lowest BCUT2D eigenvalue weighted by molar-refractivity contribution is -0.383. The Morgan fingerprint density at radius 1 is 1.09 bits per heavy atom. The zero-order valence-electron chi connectivity index (χ0n) is 18.8. The first-order valence-corrected chi connectivity index (χ1v) is 10.9. The van der Waals surface area contributed by atoms with Gasteiger partial charge in [0.2, 0.25) is 0 Å². The number of anilines is 2. The number of fused-ring (bicyclic) bond motifs is 1. The van der Waals surface area contributed by atoms with E-state index in [-0.39, 0.29) is 5.69 Å². The number of nitro benzene ring substituents is 1. The second-order valence-corrected chi connectivity index (χ2v) is 7.23. The van der Waals surface area contributed by atoms with E-state index in [1.54, 1.807) is 6.07 Å². The van der Waals surface area contributed by atoms with Gasteiger partial charge in [0.05, 0.1) is 10.4 Å². The van der Waals surface area contributed by atoms with Crippen LogP contribution in [-0.2, 0) is 6.54 Å². The van der Waals surface area contributed by atoms with Gasteiger partial charge in [-0.05, 0) is 32.1 Å². The zero-order chi connectivity index (χ0) is 22.9. The summed E-state index contributed by atoms with van der Waals surface area (Å²) in [5, 5.41) is 18.5. The second kappa shape index (κ2) is 11.2. The molecule has 0 saturated heterocycles. The third-order valence-corrected chi connectivity index (χ3v) is 5.30. The summed E-state index contributed by atoms with van der Waals surface area (Å²) < 4.78 is 6.03. The normalized spacial score (nSPS) is 11.0. The molecule has 0 unspecified atom stereocenters. The fourth-order valence-electron chi connectivity index (χ4n) is 3.51. The van der Waals surface area contributed by atoms with E-state index in [1.807, 2.05) is 31.2 Å². The second-order valence-electron chi connectivity index (χ2n) is 7.23. The Kier molecular flexibility index (Phi) is 8.15. The van der Waals surface area contributed by atoms with Crippen LogP contribution in [0.1, 0.15) is 26.3 Å². The predicted octanol–water partition coefficient (Wildman–Crippen LogP) is 4.30. The first-order valence-electron chi connectivity index (χ1n) is 10.9. The molecule has 32 heavy (non-hydrogen) atoms. The minimum atomic E-state index is -0.396. The zero-order valence-corrected chi connectivity index (χ0v) is 18.8. The van der Waals surface area contributed by atoms with Crippen molar-refractivity contribution >= 4 is 28.1 Å². The van der Waals surface area contributed by atoms with Crippen LogP contribution >= 0.6 is 0 Å². The van der Waals surface area contributed by atoms with E-state index in [4.69, 9.17) is 4.74 Å². The van der Waals surface area contributed by atoms with Crippen molar-refractivity contribution in [3.8, 4) is 5.75 Å². The van der Waals surface area contributed by atoms with Crippen molar-refractivity contribution in [3.05, 3.63) is 58.4 Å². The van der Waals surface area contributed by atoms with Crippen LogP contribution in [0.25, 0.3) is 10.9 Å². The van der Waals surface area contributed by atoms with E-state index >= 15 is 0 Å². The fraction of sp³-hybridized carbons (Fsp3) is 0.391. The van der Waals surface area contributed by atoms with Crippen molar-refractivity contribution < 1.29 is 9.66 Å². The van der Waals surface area contributed by atoms with E-state index in [2.05, 4.69) is 39.3 Å². The first-order chi connectivity index (χ1) is 15.6. The van der Waals surface area contributed by atoms with E-state index in [0.717, 1.165) is 30.9 Å². The monoisotopic (exact) mass is 438 g/mol. The topological polar surface area (TPSA) is 105 Å². The third kappa shape index (κ3) is 5.61. The molecule has 3 rings (SSSR count). The van der Waals surface area contributed by atoms with Gasteiger partial charge in [-0.2, -0.15) is 0 Å². The predicted molar refractivity (Wildman–Crippen MR) is 127 cm³/mol. The average Bonchev–Trinajstić information content (AvgIpc) is 2.80. The van der Waals surface area contributed by atoms with Crippen molar-refractivity contribution in [1.29, 1.82) is 0 Å². The molecule has 0 spiro atoms. The average molecular weight is 439 g/mol. The maximum absolute atomic E-state index is 11.6. The summed E-state index contributed by atoms with van der Waals surface area (Å²) in [5.41, 5.74) is 2.06. The number of benzene rings is 2. The van der Waals surface area contributed by atoms with Gasteiger partial charge in [-0.3, -0.25) is 10.1 Å². The molecule has 1 aromatic heterocycles. The van der Waals surface area contributed by atoms with Crippen LogP contribution in [-0.4, -0.2) is 52.6 Å². The molecule has 1 heterocycles. The highest BCUT2D eigenvalue weighted by Crippen LogP contribution is 2.32. The Hall–Kier alpha value is -3.46. The molecule has 0 aliphatic rings.